The molecule has 0 radical (unpaired) electrons. The Bertz CT molecular complexity index is 206. The van der Waals surface area contributed by atoms with E-state index < -0.39 is 0 Å². The van der Waals surface area contributed by atoms with Crippen LogP contribution in [0.1, 0.15) is 26.7 Å². The minimum absolute atomic E-state index is 0.0128. The predicted molar refractivity (Wildman–Crippen MR) is 54.6 cm³/mol. The zero-order valence-electron chi connectivity index (χ0n) is 8.94. The molecule has 1 fully saturated rings. The van der Waals surface area contributed by atoms with Gasteiger partial charge >= 0.3 is 0 Å². The average Bonchev–Trinajstić information content (AvgIpc) is 2.15. The van der Waals surface area contributed by atoms with Crippen molar-refractivity contribution in [1.82, 2.24) is 4.90 Å². The van der Waals surface area contributed by atoms with Crippen molar-refractivity contribution in [3.63, 3.8) is 0 Å². The molecule has 3 N–H and O–H groups in total. The summed E-state index contributed by atoms with van der Waals surface area (Å²) in [5.74, 6) is 0.264. The summed E-state index contributed by atoms with van der Waals surface area (Å²) in [6.45, 7) is 4.89. The molecule has 3 atom stereocenters. The molecule has 4 heteroatoms. The number of carbonyl (C=O) groups excluding carboxylic acids is 1. The van der Waals surface area contributed by atoms with Gasteiger partial charge in [-0.3, -0.25) is 4.79 Å². The Morgan fingerprint density at radius 2 is 2.29 bits per heavy atom. The SMILES string of the molecule is CCC(=O)N1CC(N)CC(C(C)O)C1. The summed E-state index contributed by atoms with van der Waals surface area (Å²) >= 11 is 0. The number of rotatable bonds is 2. The first-order valence-electron chi connectivity index (χ1n) is 5.26. The summed E-state index contributed by atoms with van der Waals surface area (Å²) in [6, 6.07) is 0.0128. The number of aliphatic hydroxyl groups is 1. The van der Waals surface area contributed by atoms with Gasteiger partial charge in [0, 0.05) is 31.5 Å². The van der Waals surface area contributed by atoms with Gasteiger partial charge in [0.05, 0.1) is 6.10 Å². The van der Waals surface area contributed by atoms with Gasteiger partial charge in [-0.1, -0.05) is 6.92 Å². The van der Waals surface area contributed by atoms with E-state index >= 15 is 0 Å². The average molecular weight is 200 g/mol. The Labute approximate surface area is 85.1 Å². The topological polar surface area (TPSA) is 66.6 Å². The van der Waals surface area contributed by atoms with Crippen molar-refractivity contribution in [2.45, 2.75) is 38.8 Å². The van der Waals surface area contributed by atoms with E-state index in [-0.39, 0.29) is 24.0 Å². The van der Waals surface area contributed by atoms with E-state index in [9.17, 15) is 9.90 Å². The zero-order valence-corrected chi connectivity index (χ0v) is 8.94. The van der Waals surface area contributed by atoms with Gasteiger partial charge in [-0.15, -0.1) is 0 Å². The van der Waals surface area contributed by atoms with Gasteiger partial charge in [0.1, 0.15) is 0 Å². The molecule has 0 aromatic rings. The Morgan fingerprint density at radius 3 is 2.79 bits per heavy atom. The van der Waals surface area contributed by atoms with E-state index in [0.29, 0.717) is 19.5 Å². The summed E-state index contributed by atoms with van der Waals surface area (Å²) in [6.07, 6.45) is 0.943. The number of amides is 1. The summed E-state index contributed by atoms with van der Waals surface area (Å²) in [7, 11) is 0. The normalized spacial score (nSPS) is 30.1. The molecule has 1 heterocycles. The third-order valence-corrected chi connectivity index (χ3v) is 2.85. The fraction of sp³-hybridized carbons (Fsp3) is 0.900. The molecule has 14 heavy (non-hydrogen) atoms. The predicted octanol–water partition coefficient (Wildman–Crippen LogP) is -0.0470. The van der Waals surface area contributed by atoms with Crippen LogP contribution in [0.3, 0.4) is 0 Å². The first-order chi connectivity index (χ1) is 6.54. The van der Waals surface area contributed by atoms with E-state index in [1.807, 2.05) is 6.92 Å². The fourth-order valence-corrected chi connectivity index (χ4v) is 1.96. The van der Waals surface area contributed by atoms with E-state index in [1.165, 1.54) is 0 Å². The standard InChI is InChI=1S/C10H20N2O2/c1-3-10(14)12-5-8(7(2)13)4-9(11)6-12/h7-9,13H,3-6,11H2,1-2H3. The minimum atomic E-state index is -0.381. The maximum atomic E-state index is 11.5. The molecular weight excluding hydrogens is 180 g/mol. The largest absolute Gasteiger partial charge is 0.393 e. The van der Waals surface area contributed by atoms with Gasteiger partial charge in [0.15, 0.2) is 0 Å². The van der Waals surface area contributed by atoms with Gasteiger partial charge in [-0.25, -0.2) is 0 Å². The second kappa shape index (κ2) is 4.75. The molecule has 0 bridgehead atoms. The summed E-state index contributed by atoms with van der Waals surface area (Å²) < 4.78 is 0. The van der Waals surface area contributed by atoms with Gasteiger partial charge < -0.3 is 15.7 Å². The second-order valence-electron chi connectivity index (χ2n) is 4.15. The van der Waals surface area contributed by atoms with E-state index in [1.54, 1.807) is 11.8 Å². The number of nitrogens with zero attached hydrogens (tertiary/aromatic N) is 1. The number of carbonyl (C=O) groups is 1. The van der Waals surface area contributed by atoms with Crippen molar-refractivity contribution in [3.8, 4) is 0 Å². The quantitative estimate of drug-likeness (QED) is 0.657. The number of aliphatic hydroxyl groups excluding tert-OH is 1. The lowest BCUT2D eigenvalue weighted by Gasteiger charge is -2.37. The van der Waals surface area contributed by atoms with Crippen molar-refractivity contribution < 1.29 is 9.90 Å². The molecule has 4 nitrogen and oxygen atoms in total. The molecule has 0 spiro atoms. The van der Waals surface area contributed by atoms with Crippen LogP contribution in [0.2, 0.25) is 0 Å². The van der Waals surface area contributed by atoms with Crippen molar-refractivity contribution in [2.24, 2.45) is 11.7 Å². The summed E-state index contributed by atoms with van der Waals surface area (Å²) in [4.78, 5) is 13.2. The number of piperidine rings is 1. The third kappa shape index (κ3) is 2.69. The van der Waals surface area contributed by atoms with E-state index in [2.05, 4.69) is 0 Å². The molecule has 3 unspecified atom stereocenters. The fourth-order valence-electron chi connectivity index (χ4n) is 1.96. The lowest BCUT2D eigenvalue weighted by atomic mass is 9.90. The highest BCUT2D eigenvalue weighted by Crippen LogP contribution is 2.19. The van der Waals surface area contributed by atoms with Gasteiger partial charge in [-0.05, 0) is 13.3 Å². The van der Waals surface area contributed by atoms with Crippen LogP contribution < -0.4 is 5.73 Å². The summed E-state index contributed by atoms with van der Waals surface area (Å²) in [5, 5.41) is 9.47. The lowest BCUT2D eigenvalue weighted by molar-refractivity contribution is -0.133. The van der Waals surface area contributed by atoms with Crippen molar-refractivity contribution in [2.75, 3.05) is 13.1 Å². The molecule has 1 rings (SSSR count). The molecule has 0 saturated carbocycles. The number of hydrogen-bond acceptors (Lipinski definition) is 3. The van der Waals surface area contributed by atoms with Crippen molar-refractivity contribution in [1.29, 1.82) is 0 Å². The zero-order chi connectivity index (χ0) is 10.7. The maximum Gasteiger partial charge on any atom is 0.222 e. The molecule has 0 aromatic carbocycles. The third-order valence-electron chi connectivity index (χ3n) is 2.85. The van der Waals surface area contributed by atoms with Crippen LogP contribution in [0.4, 0.5) is 0 Å². The van der Waals surface area contributed by atoms with E-state index in [0.717, 1.165) is 6.42 Å². The van der Waals surface area contributed by atoms with Crippen molar-refractivity contribution >= 4 is 5.91 Å². The minimum Gasteiger partial charge on any atom is -0.393 e. The Hall–Kier alpha value is -0.610. The van der Waals surface area contributed by atoms with Crippen LogP contribution in [0.25, 0.3) is 0 Å². The molecular formula is C10H20N2O2. The molecule has 0 aliphatic carbocycles. The van der Waals surface area contributed by atoms with Crippen LogP contribution in [0.15, 0.2) is 0 Å². The van der Waals surface area contributed by atoms with Crippen LogP contribution in [-0.2, 0) is 4.79 Å². The molecule has 0 aromatic heterocycles. The van der Waals surface area contributed by atoms with Crippen LogP contribution in [-0.4, -0.2) is 41.1 Å². The number of likely N-dealkylation sites (tertiary alicyclic amines) is 1. The Balaban J connectivity index is 2.58. The van der Waals surface area contributed by atoms with Gasteiger partial charge in [-0.2, -0.15) is 0 Å². The molecule has 1 saturated heterocycles. The van der Waals surface area contributed by atoms with Crippen LogP contribution >= 0.6 is 0 Å². The van der Waals surface area contributed by atoms with E-state index in [4.69, 9.17) is 5.73 Å². The molecule has 1 aliphatic rings. The highest BCUT2D eigenvalue weighted by atomic mass is 16.3. The highest BCUT2D eigenvalue weighted by molar-refractivity contribution is 5.76. The van der Waals surface area contributed by atoms with Gasteiger partial charge in [0.25, 0.3) is 0 Å². The monoisotopic (exact) mass is 200 g/mol. The highest BCUT2D eigenvalue weighted by Gasteiger charge is 2.29. The van der Waals surface area contributed by atoms with Gasteiger partial charge in [0.2, 0.25) is 5.91 Å². The summed E-state index contributed by atoms with van der Waals surface area (Å²) in [5.41, 5.74) is 5.84. The first-order valence-corrected chi connectivity index (χ1v) is 5.26. The smallest absolute Gasteiger partial charge is 0.222 e. The Kier molecular flexibility index (Phi) is 3.89. The molecule has 1 amide bonds. The number of nitrogens with two attached hydrogens (primary N) is 1. The second-order valence-corrected chi connectivity index (χ2v) is 4.15. The molecule has 1 aliphatic heterocycles. The van der Waals surface area contributed by atoms with Crippen LogP contribution in [0, 0.1) is 5.92 Å². The number of hydrogen-bond donors (Lipinski definition) is 2. The maximum absolute atomic E-state index is 11.5. The first kappa shape index (κ1) is 11.5. The lowest BCUT2D eigenvalue weighted by Crippen LogP contribution is -2.51. The molecule has 82 valence electrons. The van der Waals surface area contributed by atoms with Crippen LogP contribution in [0.5, 0.6) is 0 Å². The van der Waals surface area contributed by atoms with Crippen molar-refractivity contribution in [3.05, 3.63) is 0 Å². The Morgan fingerprint density at radius 1 is 1.64 bits per heavy atom.